The highest BCUT2D eigenvalue weighted by molar-refractivity contribution is 7.75. The number of rotatable bonds is 2. The van der Waals surface area contributed by atoms with Crippen LogP contribution in [0.1, 0.15) is 0 Å². The van der Waals surface area contributed by atoms with Crippen LogP contribution in [-0.4, -0.2) is 31.8 Å². The van der Waals surface area contributed by atoms with Crippen molar-refractivity contribution in [3.05, 3.63) is 12.0 Å². The molecule has 0 aliphatic rings. The predicted octanol–water partition coefficient (Wildman–Crippen LogP) is -1.29. The standard InChI is InChI=1S/C2H4O2S.C2H6O2/c1-2-5(3)4;3-1-2-4/h2,5H,1H2;3-4H,1-2H2. The van der Waals surface area contributed by atoms with Crippen LogP contribution in [0.2, 0.25) is 0 Å². The van der Waals surface area contributed by atoms with Crippen molar-refractivity contribution in [3.8, 4) is 0 Å². The van der Waals surface area contributed by atoms with Gasteiger partial charge in [-0.2, -0.15) is 0 Å². The third kappa shape index (κ3) is 35.2. The summed E-state index contributed by atoms with van der Waals surface area (Å²) in [6.07, 6.45) is 0. The van der Waals surface area contributed by atoms with E-state index >= 15 is 0 Å². The van der Waals surface area contributed by atoms with E-state index in [1.54, 1.807) is 0 Å². The largest absolute Gasteiger partial charge is 0.394 e. The van der Waals surface area contributed by atoms with Crippen molar-refractivity contribution in [1.82, 2.24) is 0 Å². The van der Waals surface area contributed by atoms with Gasteiger partial charge in [0.2, 0.25) is 0 Å². The maximum atomic E-state index is 9.29. The van der Waals surface area contributed by atoms with Crippen molar-refractivity contribution in [1.29, 1.82) is 0 Å². The second-order valence-corrected chi connectivity index (χ2v) is 1.85. The molecule has 0 spiro atoms. The summed E-state index contributed by atoms with van der Waals surface area (Å²) >= 11 is 0. The van der Waals surface area contributed by atoms with Crippen LogP contribution in [0.5, 0.6) is 0 Å². The molecule has 0 fully saturated rings. The number of aliphatic hydroxyl groups is 2. The maximum absolute atomic E-state index is 9.29. The van der Waals surface area contributed by atoms with E-state index in [1.807, 2.05) is 0 Å². The Morgan fingerprint density at radius 1 is 1.33 bits per heavy atom. The van der Waals surface area contributed by atoms with Crippen LogP contribution in [-0.2, 0) is 10.7 Å². The second-order valence-electron chi connectivity index (χ2n) is 0.915. The summed E-state index contributed by atoms with van der Waals surface area (Å²) in [5.74, 6) is 0. The minimum absolute atomic E-state index is 0.125. The van der Waals surface area contributed by atoms with E-state index in [-0.39, 0.29) is 13.2 Å². The lowest BCUT2D eigenvalue weighted by molar-refractivity contribution is 0.186. The molecule has 0 saturated carbocycles. The van der Waals surface area contributed by atoms with Gasteiger partial charge in [0.1, 0.15) is 0 Å². The molecular formula is C4H10O4S. The topological polar surface area (TPSA) is 74.6 Å². The van der Waals surface area contributed by atoms with Crippen LogP contribution in [0.3, 0.4) is 0 Å². The molecule has 0 aromatic rings. The zero-order valence-corrected chi connectivity index (χ0v) is 5.75. The van der Waals surface area contributed by atoms with E-state index in [2.05, 4.69) is 6.58 Å². The van der Waals surface area contributed by atoms with Crippen LogP contribution >= 0.6 is 0 Å². The van der Waals surface area contributed by atoms with Crippen molar-refractivity contribution >= 4 is 10.7 Å². The molecule has 56 valence electrons. The van der Waals surface area contributed by atoms with Gasteiger partial charge in [0.25, 0.3) is 0 Å². The van der Waals surface area contributed by atoms with E-state index < -0.39 is 10.7 Å². The van der Waals surface area contributed by atoms with Crippen molar-refractivity contribution in [2.75, 3.05) is 13.2 Å². The van der Waals surface area contributed by atoms with Crippen molar-refractivity contribution in [2.24, 2.45) is 0 Å². The summed E-state index contributed by atoms with van der Waals surface area (Å²) in [5.41, 5.74) is 0. The molecule has 0 aromatic heterocycles. The van der Waals surface area contributed by atoms with Gasteiger partial charge in [0.15, 0.2) is 10.7 Å². The Morgan fingerprint density at radius 2 is 1.56 bits per heavy atom. The van der Waals surface area contributed by atoms with Crippen molar-refractivity contribution in [3.63, 3.8) is 0 Å². The minimum atomic E-state index is -2.33. The van der Waals surface area contributed by atoms with E-state index in [9.17, 15) is 8.42 Å². The number of hydrogen-bond acceptors (Lipinski definition) is 4. The molecule has 5 heteroatoms. The number of thiol groups is 1. The van der Waals surface area contributed by atoms with E-state index in [0.29, 0.717) is 0 Å². The molecule has 0 atom stereocenters. The Kier molecular flexibility index (Phi) is 13.4. The van der Waals surface area contributed by atoms with E-state index in [0.717, 1.165) is 5.41 Å². The molecule has 0 aliphatic carbocycles. The molecule has 0 aliphatic heterocycles. The average Bonchev–Trinajstić information content (AvgIpc) is 1.89. The van der Waals surface area contributed by atoms with Crippen molar-refractivity contribution < 1.29 is 18.6 Å². The number of aliphatic hydroxyl groups excluding tert-OH is 2. The van der Waals surface area contributed by atoms with Crippen LogP contribution in [0.15, 0.2) is 12.0 Å². The second kappa shape index (κ2) is 10.6. The minimum Gasteiger partial charge on any atom is -0.394 e. The summed E-state index contributed by atoms with van der Waals surface area (Å²) in [5, 5.41) is 16.1. The zero-order chi connectivity index (χ0) is 7.70. The van der Waals surface area contributed by atoms with Gasteiger partial charge in [-0.1, -0.05) is 6.58 Å². The van der Waals surface area contributed by atoms with Crippen LogP contribution in [0.25, 0.3) is 0 Å². The van der Waals surface area contributed by atoms with Crippen molar-refractivity contribution in [2.45, 2.75) is 0 Å². The monoisotopic (exact) mass is 154 g/mol. The molecule has 0 amide bonds. The molecule has 0 saturated heterocycles. The molecule has 9 heavy (non-hydrogen) atoms. The first-order valence-corrected chi connectivity index (χ1v) is 3.41. The Bertz CT molecular complexity index is 108. The molecule has 0 bridgehead atoms. The lowest BCUT2D eigenvalue weighted by Crippen LogP contribution is -1.85. The number of hydrogen-bond donors (Lipinski definition) is 3. The fourth-order valence-corrected chi connectivity index (χ4v) is 0. The molecule has 0 radical (unpaired) electrons. The van der Waals surface area contributed by atoms with E-state index in [1.165, 1.54) is 0 Å². The SMILES string of the molecule is C=C[SH](=O)=O.OCCO. The highest BCUT2D eigenvalue weighted by Crippen LogP contribution is 1.53. The van der Waals surface area contributed by atoms with Gasteiger partial charge in [-0.15, -0.1) is 0 Å². The van der Waals surface area contributed by atoms with Gasteiger partial charge >= 0.3 is 0 Å². The quantitative estimate of drug-likeness (QED) is 0.433. The predicted molar refractivity (Wildman–Crippen MR) is 34.7 cm³/mol. The lowest BCUT2D eigenvalue weighted by atomic mass is 10.8. The molecule has 4 nitrogen and oxygen atoms in total. The highest BCUT2D eigenvalue weighted by Gasteiger charge is 1.58. The molecule has 0 heterocycles. The van der Waals surface area contributed by atoms with Crippen LogP contribution in [0.4, 0.5) is 0 Å². The molecule has 2 N–H and O–H groups in total. The van der Waals surface area contributed by atoms with E-state index in [4.69, 9.17) is 10.2 Å². The Hall–Kier alpha value is -0.390. The van der Waals surface area contributed by atoms with Gasteiger partial charge in [0, 0.05) is 5.41 Å². The summed E-state index contributed by atoms with van der Waals surface area (Å²) in [6, 6.07) is 0. The smallest absolute Gasteiger partial charge is 0.160 e. The fourth-order valence-electron chi connectivity index (χ4n) is 0. The Morgan fingerprint density at radius 3 is 1.56 bits per heavy atom. The lowest BCUT2D eigenvalue weighted by Gasteiger charge is -1.70. The summed E-state index contributed by atoms with van der Waals surface area (Å²) < 4.78 is 18.6. The fraction of sp³-hybridized carbons (Fsp3) is 0.500. The first-order valence-electron chi connectivity index (χ1n) is 2.16. The third-order valence-electron chi connectivity index (χ3n) is 0.249. The first kappa shape index (κ1) is 11.4. The zero-order valence-electron chi connectivity index (χ0n) is 4.86. The maximum Gasteiger partial charge on any atom is 0.160 e. The summed E-state index contributed by atoms with van der Waals surface area (Å²) in [6.45, 7) is 2.71. The van der Waals surface area contributed by atoms with Crippen LogP contribution in [0, 0.1) is 0 Å². The molecular weight excluding hydrogens is 144 g/mol. The van der Waals surface area contributed by atoms with Gasteiger partial charge in [-0.25, -0.2) is 8.42 Å². The molecule has 0 rings (SSSR count). The normalized spacial score (nSPS) is 7.89. The summed E-state index contributed by atoms with van der Waals surface area (Å²) in [7, 11) is -2.33. The van der Waals surface area contributed by atoms with Crippen LogP contribution < -0.4 is 0 Å². The average molecular weight is 154 g/mol. The van der Waals surface area contributed by atoms with Gasteiger partial charge in [-0.3, -0.25) is 0 Å². The molecule has 0 aromatic carbocycles. The summed E-state index contributed by atoms with van der Waals surface area (Å²) in [4.78, 5) is 0. The third-order valence-corrected chi connectivity index (χ3v) is 0.547. The highest BCUT2D eigenvalue weighted by atomic mass is 32.2. The van der Waals surface area contributed by atoms with Gasteiger partial charge < -0.3 is 10.2 Å². The van der Waals surface area contributed by atoms with Gasteiger partial charge in [-0.05, 0) is 0 Å². The Balaban J connectivity index is 0. The first-order chi connectivity index (χ1) is 4.18. The molecule has 0 unspecified atom stereocenters. The Labute approximate surface area is 55.4 Å². The van der Waals surface area contributed by atoms with Gasteiger partial charge in [0.05, 0.1) is 13.2 Å².